The van der Waals surface area contributed by atoms with Crippen LogP contribution in [0.25, 0.3) is 11.3 Å². The van der Waals surface area contributed by atoms with Gasteiger partial charge in [0.25, 0.3) is 5.91 Å². The van der Waals surface area contributed by atoms with E-state index in [1.165, 1.54) is 34.8 Å². The molecule has 2 aromatic heterocycles. The van der Waals surface area contributed by atoms with Crippen LogP contribution in [0, 0.1) is 5.82 Å². The van der Waals surface area contributed by atoms with E-state index in [4.69, 9.17) is 0 Å². The molecule has 1 aliphatic carbocycles. The predicted molar refractivity (Wildman–Crippen MR) is 91.8 cm³/mol. The zero-order valence-electron chi connectivity index (χ0n) is 12.1. The molecule has 3 aromatic rings. The maximum absolute atomic E-state index is 13.3. The second-order valence-corrected chi connectivity index (χ2v) is 7.26. The number of hydrogen-bond donors (Lipinski definition) is 1. The van der Waals surface area contributed by atoms with E-state index in [2.05, 4.69) is 10.3 Å². The Balaban J connectivity index is 1.53. The van der Waals surface area contributed by atoms with Gasteiger partial charge in [0.15, 0.2) is 5.13 Å². The maximum atomic E-state index is 13.3. The number of amides is 1. The van der Waals surface area contributed by atoms with Gasteiger partial charge in [-0.2, -0.15) is 0 Å². The third-order valence-electron chi connectivity index (χ3n) is 3.76. The molecule has 0 bridgehead atoms. The van der Waals surface area contributed by atoms with Crippen molar-refractivity contribution in [3.05, 3.63) is 57.3 Å². The van der Waals surface area contributed by atoms with Crippen molar-refractivity contribution in [2.45, 2.75) is 18.8 Å². The van der Waals surface area contributed by atoms with Crippen LogP contribution in [0.2, 0.25) is 0 Å². The van der Waals surface area contributed by atoms with Gasteiger partial charge in [-0.3, -0.25) is 10.1 Å². The largest absolute Gasteiger partial charge is 0.297 e. The molecule has 0 saturated heterocycles. The molecule has 0 radical (unpaired) electrons. The number of nitrogens with one attached hydrogen (secondary N) is 1. The second kappa shape index (κ2) is 5.86. The van der Waals surface area contributed by atoms with E-state index in [-0.39, 0.29) is 11.7 Å². The Labute approximate surface area is 140 Å². The lowest BCUT2D eigenvalue weighted by molar-refractivity contribution is 0.102. The fraction of sp³-hybridized carbons (Fsp3) is 0.176. The number of benzene rings is 1. The molecule has 116 valence electrons. The van der Waals surface area contributed by atoms with Gasteiger partial charge in [-0.05, 0) is 47.9 Å². The van der Waals surface area contributed by atoms with Gasteiger partial charge in [-0.25, -0.2) is 9.37 Å². The molecule has 2 heterocycles. The van der Waals surface area contributed by atoms with Gasteiger partial charge in [0.05, 0.1) is 10.6 Å². The van der Waals surface area contributed by atoms with Crippen LogP contribution in [0.4, 0.5) is 9.52 Å². The average molecular weight is 344 g/mol. The van der Waals surface area contributed by atoms with Crippen molar-refractivity contribution in [1.29, 1.82) is 0 Å². The number of carbonyl (C=O) groups is 1. The highest BCUT2D eigenvalue weighted by Crippen LogP contribution is 2.43. The first kappa shape index (κ1) is 14.5. The van der Waals surface area contributed by atoms with Crippen LogP contribution < -0.4 is 5.32 Å². The van der Waals surface area contributed by atoms with Crippen LogP contribution in [0.3, 0.4) is 0 Å². The van der Waals surface area contributed by atoms with Crippen molar-refractivity contribution in [3.8, 4) is 11.3 Å². The highest BCUT2D eigenvalue weighted by atomic mass is 32.1. The van der Waals surface area contributed by atoms with Crippen molar-refractivity contribution < 1.29 is 9.18 Å². The maximum Gasteiger partial charge on any atom is 0.267 e. The smallest absolute Gasteiger partial charge is 0.267 e. The number of hydrogen-bond acceptors (Lipinski definition) is 4. The molecule has 1 fully saturated rings. The van der Waals surface area contributed by atoms with E-state index in [1.54, 1.807) is 12.1 Å². The molecule has 3 nitrogen and oxygen atoms in total. The summed E-state index contributed by atoms with van der Waals surface area (Å²) in [5.74, 6) is 0.136. The van der Waals surface area contributed by atoms with Crippen molar-refractivity contribution in [2.75, 3.05) is 5.32 Å². The molecule has 0 aliphatic heterocycles. The molecule has 6 heteroatoms. The summed E-state index contributed by atoms with van der Waals surface area (Å²) in [7, 11) is 0. The number of thiophene rings is 1. The number of anilines is 1. The number of carbonyl (C=O) groups excluding carboxylic acids is 1. The zero-order valence-corrected chi connectivity index (χ0v) is 13.7. The zero-order chi connectivity index (χ0) is 15.8. The SMILES string of the molecule is O=C(Nc1nc(-c2cccc(F)c2)cs1)c1sccc1C1CC1. The first-order chi connectivity index (χ1) is 11.2. The number of thiazole rings is 1. The topological polar surface area (TPSA) is 42.0 Å². The summed E-state index contributed by atoms with van der Waals surface area (Å²) in [6.07, 6.45) is 2.33. The van der Waals surface area contributed by atoms with Gasteiger partial charge in [0.2, 0.25) is 0 Å². The normalized spacial score (nSPS) is 14.0. The minimum absolute atomic E-state index is 0.109. The molecule has 0 atom stereocenters. The van der Waals surface area contributed by atoms with Crippen LogP contribution in [0.5, 0.6) is 0 Å². The molecule has 1 N–H and O–H groups in total. The van der Waals surface area contributed by atoms with Gasteiger partial charge < -0.3 is 0 Å². The van der Waals surface area contributed by atoms with Crippen molar-refractivity contribution in [2.24, 2.45) is 0 Å². The lowest BCUT2D eigenvalue weighted by Crippen LogP contribution is -2.11. The molecule has 1 amide bonds. The standard InChI is InChI=1S/C17H13FN2OS2/c18-12-3-1-2-11(8-12)14-9-23-17(19-14)20-16(21)15-13(6-7-22-15)10-4-5-10/h1-3,6-10H,4-5H2,(H,19,20,21). The molecule has 1 saturated carbocycles. The Morgan fingerprint density at radius 1 is 1.26 bits per heavy atom. The lowest BCUT2D eigenvalue weighted by atomic mass is 10.1. The quantitative estimate of drug-likeness (QED) is 0.712. The van der Waals surface area contributed by atoms with Crippen LogP contribution in [-0.2, 0) is 0 Å². The Kier molecular flexibility index (Phi) is 3.71. The highest BCUT2D eigenvalue weighted by Gasteiger charge is 2.29. The first-order valence-electron chi connectivity index (χ1n) is 7.31. The third kappa shape index (κ3) is 3.04. The third-order valence-corrected chi connectivity index (χ3v) is 5.45. The van der Waals surface area contributed by atoms with E-state index < -0.39 is 0 Å². The Hall–Kier alpha value is -2.05. The van der Waals surface area contributed by atoms with Gasteiger partial charge in [-0.1, -0.05) is 12.1 Å². The number of aromatic nitrogens is 1. The van der Waals surface area contributed by atoms with Crippen LogP contribution in [0.15, 0.2) is 41.1 Å². The first-order valence-corrected chi connectivity index (χ1v) is 9.07. The molecule has 1 aliphatic rings. The van der Waals surface area contributed by atoms with E-state index in [0.717, 1.165) is 23.3 Å². The second-order valence-electron chi connectivity index (χ2n) is 5.48. The van der Waals surface area contributed by atoms with Crippen LogP contribution in [-0.4, -0.2) is 10.9 Å². The molecule has 4 rings (SSSR count). The Morgan fingerprint density at radius 3 is 2.91 bits per heavy atom. The summed E-state index contributed by atoms with van der Waals surface area (Å²) < 4.78 is 13.3. The van der Waals surface area contributed by atoms with Crippen molar-refractivity contribution in [1.82, 2.24) is 4.98 Å². The summed E-state index contributed by atoms with van der Waals surface area (Å²) in [5, 5.41) is 7.17. The van der Waals surface area contributed by atoms with Gasteiger partial charge in [0, 0.05) is 10.9 Å². The average Bonchev–Trinajstić information content (AvgIpc) is 3.09. The van der Waals surface area contributed by atoms with E-state index >= 15 is 0 Å². The molecule has 0 spiro atoms. The van der Waals surface area contributed by atoms with Crippen LogP contribution in [0.1, 0.15) is 34.0 Å². The summed E-state index contributed by atoms with van der Waals surface area (Å²) in [5.41, 5.74) is 2.52. The van der Waals surface area contributed by atoms with E-state index in [0.29, 0.717) is 22.3 Å². The van der Waals surface area contributed by atoms with E-state index in [9.17, 15) is 9.18 Å². The molecule has 0 unspecified atom stereocenters. The van der Waals surface area contributed by atoms with Crippen molar-refractivity contribution in [3.63, 3.8) is 0 Å². The predicted octanol–water partition coefficient (Wildman–Crippen LogP) is 5.14. The minimum Gasteiger partial charge on any atom is -0.297 e. The minimum atomic E-state index is -0.297. The number of halogens is 1. The molecule has 23 heavy (non-hydrogen) atoms. The summed E-state index contributed by atoms with van der Waals surface area (Å²) >= 11 is 2.81. The summed E-state index contributed by atoms with van der Waals surface area (Å²) in [6, 6.07) is 8.32. The van der Waals surface area contributed by atoms with E-state index in [1.807, 2.05) is 16.8 Å². The van der Waals surface area contributed by atoms with Crippen molar-refractivity contribution >= 4 is 33.7 Å². The fourth-order valence-electron chi connectivity index (χ4n) is 2.48. The van der Waals surface area contributed by atoms with Gasteiger partial charge >= 0.3 is 0 Å². The fourth-order valence-corrected chi connectivity index (χ4v) is 4.08. The Bertz CT molecular complexity index is 867. The monoisotopic (exact) mass is 344 g/mol. The van der Waals surface area contributed by atoms with Crippen LogP contribution >= 0.6 is 22.7 Å². The van der Waals surface area contributed by atoms with Gasteiger partial charge in [0.1, 0.15) is 5.82 Å². The number of nitrogens with zero attached hydrogens (tertiary/aromatic N) is 1. The number of rotatable bonds is 4. The molecule has 1 aromatic carbocycles. The molecular weight excluding hydrogens is 331 g/mol. The summed E-state index contributed by atoms with van der Waals surface area (Å²) in [4.78, 5) is 17.6. The summed E-state index contributed by atoms with van der Waals surface area (Å²) in [6.45, 7) is 0. The van der Waals surface area contributed by atoms with Gasteiger partial charge in [-0.15, -0.1) is 22.7 Å². The Morgan fingerprint density at radius 2 is 2.13 bits per heavy atom. The highest BCUT2D eigenvalue weighted by molar-refractivity contribution is 7.14. The molecular formula is C17H13FN2OS2. The lowest BCUT2D eigenvalue weighted by Gasteiger charge is -2.02.